The van der Waals surface area contributed by atoms with Crippen molar-refractivity contribution in [2.45, 2.75) is 4.90 Å². The van der Waals surface area contributed by atoms with Crippen LogP contribution in [0.25, 0.3) is 0 Å². The summed E-state index contributed by atoms with van der Waals surface area (Å²) >= 11 is 0. The number of benzene rings is 2. The molecule has 0 aromatic heterocycles. The second kappa shape index (κ2) is 7.75. The Morgan fingerprint density at radius 2 is 1.88 bits per heavy atom. The van der Waals surface area contributed by atoms with Crippen molar-refractivity contribution in [3.05, 3.63) is 58.6 Å². The van der Waals surface area contributed by atoms with Crippen LogP contribution in [0.4, 0.5) is 11.4 Å². The van der Waals surface area contributed by atoms with E-state index in [1.165, 1.54) is 19.2 Å². The number of nitro groups is 1. The van der Waals surface area contributed by atoms with Crippen LogP contribution in [0.5, 0.6) is 5.75 Å². The highest BCUT2D eigenvalue weighted by Crippen LogP contribution is 2.27. The van der Waals surface area contributed by atoms with Crippen molar-refractivity contribution in [1.82, 2.24) is 4.72 Å². The molecule has 0 heterocycles. The van der Waals surface area contributed by atoms with E-state index >= 15 is 0 Å². The molecular formula is C15H17N3O5S. The molecule has 0 saturated carbocycles. The number of anilines is 1. The Balaban J connectivity index is 2.05. The smallest absolute Gasteiger partial charge is 0.293 e. The summed E-state index contributed by atoms with van der Waals surface area (Å²) < 4.78 is 31.1. The Bertz CT molecular complexity index is 809. The number of nitro benzene ring substituents is 1. The molecule has 0 aliphatic rings. The number of para-hydroxylation sites is 1. The molecule has 0 fully saturated rings. The summed E-state index contributed by atoms with van der Waals surface area (Å²) in [5.74, 6) is 0.698. The lowest BCUT2D eigenvalue weighted by molar-refractivity contribution is -0.384. The molecule has 2 aromatic rings. The molecule has 0 amide bonds. The Morgan fingerprint density at radius 3 is 2.50 bits per heavy atom. The summed E-state index contributed by atoms with van der Waals surface area (Å²) in [6.45, 7) is 0.631. The molecule has 8 nitrogen and oxygen atoms in total. The first kappa shape index (κ1) is 17.7. The lowest BCUT2D eigenvalue weighted by Crippen LogP contribution is -2.19. The van der Waals surface area contributed by atoms with E-state index in [9.17, 15) is 18.5 Å². The highest BCUT2D eigenvalue weighted by atomic mass is 32.2. The Labute approximate surface area is 139 Å². The number of ether oxygens (including phenoxy) is 1. The first-order chi connectivity index (χ1) is 11.4. The van der Waals surface area contributed by atoms with Gasteiger partial charge in [0.25, 0.3) is 5.69 Å². The van der Waals surface area contributed by atoms with Gasteiger partial charge in [-0.3, -0.25) is 10.1 Å². The third-order valence-corrected chi connectivity index (χ3v) is 4.59. The zero-order chi connectivity index (χ0) is 17.6. The van der Waals surface area contributed by atoms with Gasteiger partial charge in [0, 0.05) is 12.6 Å². The van der Waals surface area contributed by atoms with E-state index in [0.717, 1.165) is 6.07 Å². The molecule has 9 heteroatoms. The molecule has 0 bridgehead atoms. The third kappa shape index (κ3) is 4.43. The van der Waals surface area contributed by atoms with Gasteiger partial charge in [0.1, 0.15) is 18.0 Å². The first-order valence-corrected chi connectivity index (χ1v) is 8.56. The van der Waals surface area contributed by atoms with Crippen molar-refractivity contribution < 1.29 is 18.1 Å². The maximum Gasteiger partial charge on any atom is 0.293 e. The number of rotatable bonds is 8. The molecular weight excluding hydrogens is 334 g/mol. The number of nitrogens with one attached hydrogen (secondary N) is 2. The first-order valence-electron chi connectivity index (χ1n) is 7.08. The van der Waals surface area contributed by atoms with Crippen LogP contribution in [-0.2, 0) is 10.0 Å². The fraction of sp³-hybridized carbons (Fsp3) is 0.200. The normalized spacial score (nSPS) is 11.0. The van der Waals surface area contributed by atoms with Crippen LogP contribution >= 0.6 is 0 Å². The van der Waals surface area contributed by atoms with Gasteiger partial charge in [0.05, 0.1) is 9.82 Å². The molecule has 2 aromatic carbocycles. The largest absolute Gasteiger partial charge is 0.492 e. The summed E-state index contributed by atoms with van der Waals surface area (Å²) in [5, 5.41) is 14.0. The summed E-state index contributed by atoms with van der Waals surface area (Å²) in [6, 6.07) is 12.9. The van der Waals surface area contributed by atoms with E-state index in [-0.39, 0.29) is 16.3 Å². The van der Waals surface area contributed by atoms with Crippen LogP contribution in [0, 0.1) is 10.1 Å². The quantitative estimate of drug-likeness (QED) is 0.427. The Kier molecular flexibility index (Phi) is 5.72. The minimum absolute atomic E-state index is 0.164. The fourth-order valence-corrected chi connectivity index (χ4v) is 2.72. The van der Waals surface area contributed by atoms with Crippen LogP contribution < -0.4 is 14.8 Å². The van der Waals surface area contributed by atoms with Crippen LogP contribution in [0.1, 0.15) is 0 Å². The van der Waals surface area contributed by atoms with E-state index in [1.54, 1.807) is 12.1 Å². The number of sulfonamides is 1. The van der Waals surface area contributed by atoms with Gasteiger partial charge in [0.15, 0.2) is 0 Å². The van der Waals surface area contributed by atoms with Gasteiger partial charge in [-0.05, 0) is 31.3 Å². The summed E-state index contributed by atoms with van der Waals surface area (Å²) in [4.78, 5) is 10.4. The highest BCUT2D eigenvalue weighted by molar-refractivity contribution is 7.89. The summed E-state index contributed by atoms with van der Waals surface area (Å²) in [5.41, 5.74) is -0.0854. The van der Waals surface area contributed by atoms with Gasteiger partial charge >= 0.3 is 0 Å². The predicted molar refractivity (Wildman–Crippen MR) is 89.8 cm³/mol. The number of hydrogen-bond acceptors (Lipinski definition) is 6. The molecule has 0 atom stereocenters. The van der Waals surface area contributed by atoms with Crippen molar-refractivity contribution in [1.29, 1.82) is 0 Å². The van der Waals surface area contributed by atoms with E-state index in [0.29, 0.717) is 18.9 Å². The second-order valence-corrected chi connectivity index (χ2v) is 6.62. The maximum absolute atomic E-state index is 11.7. The monoisotopic (exact) mass is 351 g/mol. The molecule has 0 radical (unpaired) electrons. The molecule has 0 aliphatic carbocycles. The van der Waals surface area contributed by atoms with E-state index in [4.69, 9.17) is 4.74 Å². The molecule has 2 rings (SSSR count). The van der Waals surface area contributed by atoms with Gasteiger partial charge in [-0.2, -0.15) is 0 Å². The number of hydrogen-bond donors (Lipinski definition) is 2. The summed E-state index contributed by atoms with van der Waals surface area (Å²) in [7, 11) is -2.49. The van der Waals surface area contributed by atoms with Crippen molar-refractivity contribution in [3.8, 4) is 5.75 Å². The van der Waals surface area contributed by atoms with Crippen molar-refractivity contribution >= 4 is 21.4 Å². The molecule has 0 spiro atoms. The predicted octanol–water partition coefficient (Wildman–Crippen LogP) is 1.99. The third-order valence-electron chi connectivity index (χ3n) is 3.17. The van der Waals surface area contributed by atoms with Crippen molar-refractivity contribution in [3.63, 3.8) is 0 Å². The van der Waals surface area contributed by atoms with Gasteiger partial charge < -0.3 is 10.1 Å². The lowest BCUT2D eigenvalue weighted by Gasteiger charge is -2.10. The van der Waals surface area contributed by atoms with Crippen molar-refractivity contribution in [2.75, 3.05) is 25.5 Å². The Morgan fingerprint density at radius 1 is 1.17 bits per heavy atom. The van der Waals surface area contributed by atoms with E-state index in [1.807, 2.05) is 18.2 Å². The maximum atomic E-state index is 11.7. The van der Waals surface area contributed by atoms with Gasteiger partial charge in [-0.25, -0.2) is 13.1 Å². The van der Waals surface area contributed by atoms with E-state index < -0.39 is 14.9 Å². The zero-order valence-electron chi connectivity index (χ0n) is 12.9. The van der Waals surface area contributed by atoms with E-state index in [2.05, 4.69) is 10.0 Å². The molecule has 128 valence electrons. The van der Waals surface area contributed by atoms with Gasteiger partial charge in [-0.1, -0.05) is 18.2 Å². The SMILES string of the molecule is CNS(=O)(=O)c1ccc(NCCOc2ccccc2)c([N+](=O)[O-])c1. The van der Waals surface area contributed by atoms with Crippen LogP contribution in [0.3, 0.4) is 0 Å². The van der Waals surface area contributed by atoms with Gasteiger partial charge in [-0.15, -0.1) is 0 Å². The molecule has 24 heavy (non-hydrogen) atoms. The van der Waals surface area contributed by atoms with Crippen molar-refractivity contribution in [2.24, 2.45) is 0 Å². The average molecular weight is 351 g/mol. The molecule has 0 saturated heterocycles. The zero-order valence-corrected chi connectivity index (χ0v) is 13.7. The average Bonchev–Trinajstić information content (AvgIpc) is 2.59. The molecule has 0 aliphatic heterocycles. The second-order valence-electron chi connectivity index (χ2n) is 4.73. The Hall–Kier alpha value is -2.65. The summed E-state index contributed by atoms with van der Waals surface area (Å²) in [6.07, 6.45) is 0. The van der Waals surface area contributed by atoms with Crippen LogP contribution in [0.15, 0.2) is 53.4 Å². The van der Waals surface area contributed by atoms with Gasteiger partial charge in [0.2, 0.25) is 10.0 Å². The van der Waals surface area contributed by atoms with Crippen LogP contribution in [0.2, 0.25) is 0 Å². The fourth-order valence-electron chi connectivity index (χ4n) is 1.97. The molecule has 0 unspecified atom stereocenters. The number of nitrogens with zero attached hydrogens (tertiary/aromatic N) is 1. The molecule has 2 N–H and O–H groups in total. The highest BCUT2D eigenvalue weighted by Gasteiger charge is 2.20. The van der Waals surface area contributed by atoms with Crippen LogP contribution in [-0.4, -0.2) is 33.5 Å². The minimum Gasteiger partial charge on any atom is -0.492 e. The topological polar surface area (TPSA) is 111 Å². The standard InChI is InChI=1S/C15H17N3O5S/c1-16-24(21,22)13-7-8-14(15(11-13)18(19)20)17-9-10-23-12-5-3-2-4-6-12/h2-8,11,16-17H,9-10H2,1H3. The minimum atomic E-state index is -3.74. The lowest BCUT2D eigenvalue weighted by atomic mass is 10.2.